The highest BCUT2D eigenvalue weighted by Gasteiger charge is 2.21. The van der Waals surface area contributed by atoms with E-state index >= 15 is 0 Å². The molecule has 4 heterocycles. The van der Waals surface area contributed by atoms with Crippen molar-refractivity contribution in [3.05, 3.63) is 58.9 Å². The molecule has 1 aliphatic rings. The fourth-order valence-electron chi connectivity index (χ4n) is 3.93. The van der Waals surface area contributed by atoms with Crippen molar-refractivity contribution in [1.29, 1.82) is 5.26 Å². The number of aromatic nitrogens is 3. The Balaban J connectivity index is 1.59. The Morgan fingerprint density at radius 3 is 2.83 bits per heavy atom. The number of hydrogen-bond donors (Lipinski definition) is 2. The number of hydrazone groups is 1. The van der Waals surface area contributed by atoms with Crippen LogP contribution in [-0.4, -0.2) is 61.8 Å². The van der Waals surface area contributed by atoms with Gasteiger partial charge in [-0.2, -0.15) is 15.5 Å². The summed E-state index contributed by atoms with van der Waals surface area (Å²) in [6.45, 7) is 2.99. The van der Waals surface area contributed by atoms with Crippen molar-refractivity contribution in [2.24, 2.45) is 15.9 Å². The van der Waals surface area contributed by atoms with Crippen molar-refractivity contribution in [2.45, 2.75) is 31.9 Å². The second-order valence-electron chi connectivity index (χ2n) is 8.12. The largest absolute Gasteiger partial charge is 0.488 e. The second-order valence-corrected chi connectivity index (χ2v) is 8.52. The zero-order chi connectivity index (χ0) is 24.9. The van der Waals surface area contributed by atoms with Gasteiger partial charge in [-0.3, -0.25) is 9.98 Å². The third kappa shape index (κ3) is 5.50. The Morgan fingerprint density at radius 2 is 2.17 bits per heavy atom. The van der Waals surface area contributed by atoms with Crippen molar-refractivity contribution in [1.82, 2.24) is 19.5 Å². The summed E-state index contributed by atoms with van der Waals surface area (Å²) in [5.41, 5.74) is 2.46. The average Bonchev–Trinajstić information content (AvgIpc) is 3.24. The number of fused-ring (bicyclic) bond motifs is 1. The Hall–Kier alpha value is -3.75. The van der Waals surface area contributed by atoms with Crippen LogP contribution in [0.5, 0.6) is 5.75 Å². The maximum absolute atomic E-state index is 13.1. The Labute approximate surface area is 206 Å². The number of nitrogens with zero attached hydrogens (tertiary/aromatic N) is 7. The highest BCUT2D eigenvalue weighted by atomic mass is 35.5. The number of nitrogens with two attached hydrogens (primary N) is 1. The number of hydrogen-bond acceptors (Lipinski definition) is 9. The molecule has 1 unspecified atom stereocenters. The van der Waals surface area contributed by atoms with Crippen LogP contribution >= 0.6 is 11.6 Å². The molecule has 35 heavy (non-hydrogen) atoms. The van der Waals surface area contributed by atoms with Gasteiger partial charge in [0.05, 0.1) is 34.9 Å². The summed E-state index contributed by atoms with van der Waals surface area (Å²) in [6.07, 6.45) is 6.83. The monoisotopic (exact) mass is 498 g/mol. The Morgan fingerprint density at radius 1 is 1.40 bits per heavy atom. The lowest BCUT2D eigenvalue weighted by Gasteiger charge is -2.26. The van der Waals surface area contributed by atoms with Gasteiger partial charge in [0.2, 0.25) is 0 Å². The van der Waals surface area contributed by atoms with Crippen LogP contribution in [0.15, 0.2) is 46.9 Å². The lowest BCUT2D eigenvalue weighted by atomic mass is 10.0. The molecule has 3 aromatic rings. The number of likely N-dealkylation sites (tertiary alicyclic amines) is 1. The van der Waals surface area contributed by atoms with Crippen LogP contribution in [0.4, 0.5) is 4.39 Å². The van der Waals surface area contributed by atoms with Gasteiger partial charge in [0.25, 0.3) is 0 Å². The molecule has 1 fully saturated rings. The normalized spacial score (nSPS) is 16.4. The van der Waals surface area contributed by atoms with Crippen LogP contribution < -0.4 is 10.6 Å². The molecule has 182 valence electrons. The quantitative estimate of drug-likeness (QED) is 0.221. The van der Waals surface area contributed by atoms with E-state index in [0.717, 1.165) is 19.0 Å². The Kier molecular flexibility index (Phi) is 7.43. The van der Waals surface area contributed by atoms with Crippen LogP contribution in [-0.2, 0) is 0 Å². The molecule has 0 aliphatic carbocycles. The summed E-state index contributed by atoms with van der Waals surface area (Å²) >= 11 is 6.32. The molecule has 12 heteroatoms. The van der Waals surface area contributed by atoms with Crippen molar-refractivity contribution >= 4 is 28.5 Å². The highest BCUT2D eigenvalue weighted by molar-refractivity contribution is 6.47. The van der Waals surface area contributed by atoms with Crippen LogP contribution in [0, 0.1) is 17.3 Å². The fraction of sp³-hybridized carbons (Fsp3) is 0.348. The van der Waals surface area contributed by atoms with Crippen LogP contribution in [0.2, 0.25) is 5.02 Å². The predicted molar refractivity (Wildman–Crippen MR) is 129 cm³/mol. The maximum Gasteiger partial charge on any atom is 0.179 e. The number of nitriles is 1. The fourth-order valence-corrected chi connectivity index (χ4v) is 4.16. The van der Waals surface area contributed by atoms with Crippen molar-refractivity contribution in [2.75, 3.05) is 19.7 Å². The van der Waals surface area contributed by atoms with E-state index in [0.29, 0.717) is 46.4 Å². The molecule has 1 aliphatic heterocycles. The number of aliphatic hydroxyl groups is 1. The van der Waals surface area contributed by atoms with E-state index in [1.165, 1.54) is 18.3 Å². The van der Waals surface area contributed by atoms with E-state index in [1.807, 2.05) is 6.92 Å². The van der Waals surface area contributed by atoms with Gasteiger partial charge >= 0.3 is 0 Å². The smallest absolute Gasteiger partial charge is 0.179 e. The predicted octanol–water partition coefficient (Wildman–Crippen LogP) is 2.70. The number of aliphatic imine (C=N–C) groups is 1. The van der Waals surface area contributed by atoms with Crippen LogP contribution in [0.1, 0.15) is 37.1 Å². The lowest BCUT2D eigenvalue weighted by molar-refractivity contribution is 0.105. The van der Waals surface area contributed by atoms with E-state index in [9.17, 15) is 9.50 Å². The molecular formula is C23H24ClFN8O2. The number of rotatable bonds is 7. The molecule has 3 aromatic heterocycles. The molecule has 0 radical (unpaired) electrons. The van der Waals surface area contributed by atoms with Gasteiger partial charge < -0.3 is 20.6 Å². The molecule has 1 saturated heterocycles. The molecule has 4 rings (SSSR count). The first-order valence-electron chi connectivity index (χ1n) is 11.0. The third-order valence-electron chi connectivity index (χ3n) is 5.75. The number of halogens is 2. The van der Waals surface area contributed by atoms with Gasteiger partial charge in [0, 0.05) is 24.8 Å². The number of piperidine rings is 1. The summed E-state index contributed by atoms with van der Waals surface area (Å²) < 4.78 is 20.6. The molecule has 10 nitrogen and oxygen atoms in total. The molecule has 0 amide bonds. The van der Waals surface area contributed by atoms with E-state index in [-0.39, 0.29) is 18.3 Å². The van der Waals surface area contributed by atoms with Gasteiger partial charge in [0.1, 0.15) is 35.5 Å². The topological polar surface area (TPSA) is 137 Å². The minimum absolute atomic E-state index is 0.0632. The standard InChI is InChI=1S/C23H24ClFN8O2/c1-14(30-17-4-6-32(13-26)7-5-17)22(31-27)15-8-21(23-18(24)10-29-33(23)11-15)35-12-20(34)19-3-2-16(25)9-28-19/h2-3,8-11,17,20,34H,4-7,12,27H2,1H3/b30-14?,31-22+. The van der Waals surface area contributed by atoms with Gasteiger partial charge in [-0.25, -0.2) is 8.91 Å². The molecular weight excluding hydrogens is 475 g/mol. The van der Waals surface area contributed by atoms with E-state index in [2.05, 4.69) is 21.4 Å². The molecule has 0 spiro atoms. The molecule has 0 aromatic carbocycles. The summed E-state index contributed by atoms with van der Waals surface area (Å²) in [4.78, 5) is 10.4. The SMILES string of the molecule is CC(=NC1CCN(C#N)CC1)/C(=N\N)c1cc(OCC(O)c2ccc(F)cn2)c2c(Cl)cnn2c1. The number of ether oxygens (including phenoxy) is 1. The van der Waals surface area contributed by atoms with Gasteiger partial charge in [-0.15, -0.1) is 0 Å². The first-order valence-corrected chi connectivity index (χ1v) is 11.3. The summed E-state index contributed by atoms with van der Waals surface area (Å²) in [5, 5.41) is 28.1. The zero-order valence-corrected chi connectivity index (χ0v) is 19.7. The first kappa shape index (κ1) is 24.4. The molecule has 0 bridgehead atoms. The Bertz CT molecular complexity index is 1290. The third-order valence-corrected chi connectivity index (χ3v) is 6.02. The summed E-state index contributed by atoms with van der Waals surface area (Å²) in [5.74, 6) is 5.60. The number of pyridine rings is 2. The second kappa shape index (κ2) is 10.7. The van der Waals surface area contributed by atoms with E-state index < -0.39 is 11.9 Å². The van der Waals surface area contributed by atoms with Crippen molar-refractivity contribution < 1.29 is 14.2 Å². The van der Waals surface area contributed by atoms with Gasteiger partial charge in [-0.1, -0.05) is 11.6 Å². The van der Waals surface area contributed by atoms with Crippen molar-refractivity contribution in [3.63, 3.8) is 0 Å². The lowest BCUT2D eigenvalue weighted by Crippen LogP contribution is -2.32. The van der Waals surface area contributed by atoms with E-state index in [1.54, 1.807) is 21.7 Å². The van der Waals surface area contributed by atoms with Crippen LogP contribution in [0.25, 0.3) is 5.52 Å². The average molecular weight is 499 g/mol. The van der Waals surface area contributed by atoms with Gasteiger partial charge in [0.15, 0.2) is 6.19 Å². The van der Waals surface area contributed by atoms with E-state index in [4.69, 9.17) is 32.4 Å². The van der Waals surface area contributed by atoms with Crippen molar-refractivity contribution in [3.8, 4) is 11.9 Å². The highest BCUT2D eigenvalue weighted by Crippen LogP contribution is 2.30. The molecule has 1 atom stereocenters. The molecule has 3 N–H and O–H groups in total. The first-order chi connectivity index (χ1) is 16.9. The molecule has 0 saturated carbocycles. The summed E-state index contributed by atoms with van der Waals surface area (Å²) in [6, 6.07) is 4.38. The summed E-state index contributed by atoms with van der Waals surface area (Å²) in [7, 11) is 0. The number of aliphatic hydroxyl groups excluding tert-OH is 1. The maximum atomic E-state index is 13.1. The minimum atomic E-state index is -1.09. The minimum Gasteiger partial charge on any atom is -0.488 e. The zero-order valence-electron chi connectivity index (χ0n) is 19.0. The van der Waals surface area contributed by atoms with Gasteiger partial charge in [-0.05, 0) is 38.0 Å². The van der Waals surface area contributed by atoms with Crippen LogP contribution in [0.3, 0.4) is 0 Å².